The number of phenols is 1. The van der Waals surface area contributed by atoms with Crippen molar-refractivity contribution >= 4 is 28.8 Å². The molecule has 0 aliphatic heterocycles. The first-order chi connectivity index (χ1) is 15.6. The van der Waals surface area contributed by atoms with Crippen LogP contribution in [0.25, 0.3) is 10.4 Å². The number of hydrogen-bond donors (Lipinski definition) is 5. The average molecular weight is 467 g/mol. The third kappa shape index (κ3) is 2.82. The van der Waals surface area contributed by atoms with E-state index in [2.05, 4.69) is 0 Å². The third-order valence-electron chi connectivity index (χ3n) is 6.94. The minimum Gasteiger partial charge on any atom is -0.511 e. The molecule has 3 aliphatic carbocycles. The lowest BCUT2D eigenvalue weighted by atomic mass is 9.60. The number of aromatic hydroxyl groups is 1. The van der Waals surface area contributed by atoms with Crippen LogP contribution < -0.4 is 5.73 Å². The predicted octanol–water partition coefficient (Wildman–Crippen LogP) is 2.62. The molecule has 0 spiro atoms. The zero-order valence-corrected chi connectivity index (χ0v) is 18.4. The highest BCUT2D eigenvalue weighted by molar-refractivity contribution is 7.13. The van der Waals surface area contributed by atoms with E-state index in [1.165, 1.54) is 17.4 Å². The molecule has 9 heteroatoms. The standard InChI is InChI=1S/C24H21NO7S/c1-9-4-16(33-8-9)12-2-3-14(26)18-13(12)6-10-5-11-7-15(27)19(23(25)31)22(30)24(11,32)21(29)17(10)20(18)28/h2-4,8,10-11,26-27,29,32H,5-7H2,1H3,(H2,25,31)/t10-,11+,24+/m1/s1. The summed E-state index contributed by atoms with van der Waals surface area (Å²) in [6.45, 7) is 1.96. The fraction of sp³-hybridized carbons (Fsp3) is 0.292. The number of primary amides is 1. The molecule has 0 saturated carbocycles. The summed E-state index contributed by atoms with van der Waals surface area (Å²) in [4.78, 5) is 39.1. The highest BCUT2D eigenvalue weighted by Crippen LogP contribution is 2.52. The summed E-state index contributed by atoms with van der Waals surface area (Å²) in [7, 11) is 0. The Labute approximate surface area is 192 Å². The smallest absolute Gasteiger partial charge is 0.255 e. The average Bonchev–Trinajstić information content (AvgIpc) is 3.16. The topological polar surface area (TPSA) is 158 Å². The molecule has 3 atom stereocenters. The molecule has 0 unspecified atom stereocenters. The van der Waals surface area contributed by atoms with Gasteiger partial charge in [-0.15, -0.1) is 11.3 Å². The van der Waals surface area contributed by atoms with Gasteiger partial charge in [0.05, 0.1) is 5.56 Å². The Morgan fingerprint density at radius 2 is 1.91 bits per heavy atom. The first-order valence-electron chi connectivity index (χ1n) is 10.4. The molecule has 0 bridgehead atoms. The lowest BCUT2D eigenvalue weighted by molar-refractivity contribution is -0.144. The number of phenolic OH excluding ortho intramolecular Hbond substituents is 1. The van der Waals surface area contributed by atoms with E-state index in [4.69, 9.17) is 5.73 Å². The van der Waals surface area contributed by atoms with Crippen molar-refractivity contribution in [1.29, 1.82) is 0 Å². The summed E-state index contributed by atoms with van der Waals surface area (Å²) in [5.41, 5.74) is 4.24. The summed E-state index contributed by atoms with van der Waals surface area (Å²) in [6.07, 6.45) is 0.156. The summed E-state index contributed by atoms with van der Waals surface area (Å²) in [5.74, 6) is -6.25. The fourth-order valence-corrected chi connectivity index (χ4v) is 6.38. The van der Waals surface area contributed by atoms with Gasteiger partial charge >= 0.3 is 0 Å². The van der Waals surface area contributed by atoms with Crippen molar-refractivity contribution in [3.05, 3.63) is 62.9 Å². The molecule has 0 fully saturated rings. The second-order valence-corrected chi connectivity index (χ2v) is 9.80. The van der Waals surface area contributed by atoms with Gasteiger partial charge in [-0.2, -0.15) is 0 Å². The van der Waals surface area contributed by atoms with E-state index in [1.807, 2.05) is 18.4 Å². The van der Waals surface area contributed by atoms with Gasteiger partial charge in [0, 0.05) is 22.8 Å². The van der Waals surface area contributed by atoms with E-state index in [0.29, 0.717) is 5.56 Å². The number of carbonyl (C=O) groups excluding carboxylic acids is 3. The zero-order valence-electron chi connectivity index (χ0n) is 17.6. The highest BCUT2D eigenvalue weighted by atomic mass is 32.1. The van der Waals surface area contributed by atoms with Crippen molar-refractivity contribution in [3.8, 4) is 16.2 Å². The number of nitrogens with two attached hydrogens (primary N) is 1. The first-order valence-corrected chi connectivity index (χ1v) is 11.3. The Hall–Kier alpha value is -3.43. The van der Waals surface area contributed by atoms with E-state index in [9.17, 15) is 34.8 Å². The Balaban J connectivity index is 1.69. The Morgan fingerprint density at radius 3 is 2.55 bits per heavy atom. The van der Waals surface area contributed by atoms with Gasteiger partial charge in [-0.25, -0.2) is 0 Å². The number of aliphatic hydroxyl groups excluding tert-OH is 2. The molecule has 8 nitrogen and oxygen atoms in total. The molecule has 1 heterocycles. The minimum absolute atomic E-state index is 0.0233. The maximum Gasteiger partial charge on any atom is 0.255 e. The Kier molecular flexibility index (Phi) is 4.56. The quantitative estimate of drug-likeness (QED) is 0.425. The molecule has 33 heavy (non-hydrogen) atoms. The van der Waals surface area contributed by atoms with Gasteiger partial charge in [-0.1, -0.05) is 0 Å². The number of thiophene rings is 1. The molecular weight excluding hydrogens is 446 g/mol. The van der Waals surface area contributed by atoms with Crippen molar-refractivity contribution in [2.45, 2.75) is 31.8 Å². The van der Waals surface area contributed by atoms with Gasteiger partial charge in [0.25, 0.3) is 5.91 Å². The number of ketones is 2. The van der Waals surface area contributed by atoms with Gasteiger partial charge in [0.1, 0.15) is 22.8 Å². The van der Waals surface area contributed by atoms with E-state index in [-0.39, 0.29) is 36.1 Å². The molecule has 170 valence electrons. The molecule has 0 radical (unpaired) electrons. The number of benzene rings is 1. The molecule has 6 N–H and O–H groups in total. The van der Waals surface area contributed by atoms with E-state index >= 15 is 0 Å². The number of rotatable bonds is 2. The molecule has 0 saturated heterocycles. The second kappa shape index (κ2) is 7.03. The molecule has 2 aromatic rings. The number of aryl methyl sites for hydroxylation is 1. The lowest BCUT2D eigenvalue weighted by Gasteiger charge is -2.45. The highest BCUT2D eigenvalue weighted by Gasteiger charge is 2.59. The maximum absolute atomic E-state index is 13.5. The SMILES string of the molecule is Cc1csc(-c2ccc(O)c3c2C[C@H]2C[C@H]4CC(O)=C(C(N)=O)C(=O)[C@@]4(O)C(O)=C2C3=O)c1. The monoisotopic (exact) mass is 467 g/mol. The van der Waals surface area contributed by atoms with Gasteiger partial charge in [-0.3, -0.25) is 14.4 Å². The van der Waals surface area contributed by atoms with Crippen LogP contribution in [0.15, 0.2) is 46.2 Å². The van der Waals surface area contributed by atoms with Crippen LogP contribution in [0, 0.1) is 18.8 Å². The van der Waals surface area contributed by atoms with Gasteiger partial charge in [0.2, 0.25) is 5.78 Å². The fourth-order valence-electron chi connectivity index (χ4n) is 5.42. The van der Waals surface area contributed by atoms with Crippen molar-refractivity contribution in [1.82, 2.24) is 0 Å². The molecule has 1 aromatic heterocycles. The molecular formula is C24H21NO7S. The van der Waals surface area contributed by atoms with E-state index in [1.54, 1.807) is 6.07 Å². The Morgan fingerprint density at radius 1 is 1.18 bits per heavy atom. The van der Waals surface area contributed by atoms with Crippen LogP contribution in [0.3, 0.4) is 0 Å². The normalized spacial score (nSPS) is 26.7. The molecule has 5 rings (SSSR count). The van der Waals surface area contributed by atoms with Crippen molar-refractivity contribution in [2.24, 2.45) is 17.6 Å². The number of amides is 1. The number of fused-ring (bicyclic) bond motifs is 3. The maximum atomic E-state index is 13.5. The van der Waals surface area contributed by atoms with Crippen molar-refractivity contribution in [3.63, 3.8) is 0 Å². The lowest BCUT2D eigenvalue weighted by Crippen LogP contribution is -2.57. The van der Waals surface area contributed by atoms with Gasteiger partial charge in [0.15, 0.2) is 11.4 Å². The Bertz CT molecular complexity index is 1330. The van der Waals surface area contributed by atoms with E-state index < -0.39 is 52.0 Å². The van der Waals surface area contributed by atoms with Gasteiger partial charge in [-0.05, 0) is 66.0 Å². The van der Waals surface area contributed by atoms with Crippen LogP contribution in [0.4, 0.5) is 0 Å². The number of carbonyl (C=O) groups is 3. The van der Waals surface area contributed by atoms with Crippen LogP contribution in [0.1, 0.15) is 34.3 Å². The number of allylic oxidation sites excluding steroid dienone is 2. The first kappa shape index (κ1) is 21.4. The zero-order chi connectivity index (χ0) is 23.8. The van der Waals surface area contributed by atoms with Crippen molar-refractivity contribution < 1.29 is 34.8 Å². The third-order valence-corrected chi connectivity index (χ3v) is 8.02. The second-order valence-electron chi connectivity index (χ2n) is 8.88. The number of hydrogen-bond acceptors (Lipinski definition) is 8. The van der Waals surface area contributed by atoms with E-state index in [0.717, 1.165) is 16.0 Å². The van der Waals surface area contributed by atoms with Crippen molar-refractivity contribution in [2.75, 3.05) is 0 Å². The molecule has 1 amide bonds. The summed E-state index contributed by atoms with van der Waals surface area (Å²) in [5, 5.41) is 45.0. The van der Waals surface area contributed by atoms with Crippen LogP contribution in [0.5, 0.6) is 5.75 Å². The summed E-state index contributed by atoms with van der Waals surface area (Å²) >= 11 is 1.51. The summed E-state index contributed by atoms with van der Waals surface area (Å²) < 4.78 is 0. The molecule has 3 aliphatic rings. The van der Waals surface area contributed by atoms with Crippen LogP contribution in [0.2, 0.25) is 0 Å². The minimum atomic E-state index is -2.55. The van der Waals surface area contributed by atoms with Gasteiger partial charge < -0.3 is 26.2 Å². The molecule has 1 aromatic carbocycles. The predicted molar refractivity (Wildman–Crippen MR) is 119 cm³/mol. The largest absolute Gasteiger partial charge is 0.511 e. The number of aliphatic hydroxyl groups is 3. The summed E-state index contributed by atoms with van der Waals surface area (Å²) in [6, 6.07) is 5.15. The van der Waals surface area contributed by atoms with Crippen LogP contribution >= 0.6 is 11.3 Å². The number of Topliss-reactive ketones (excluding diaryl/α,β-unsaturated/α-hetero) is 2. The van der Waals surface area contributed by atoms with Crippen LogP contribution in [-0.2, 0) is 16.0 Å². The van der Waals surface area contributed by atoms with Crippen LogP contribution in [-0.4, -0.2) is 43.5 Å².